The van der Waals surface area contributed by atoms with Crippen LogP contribution in [0.25, 0.3) is 11.4 Å². The normalized spacial score (nSPS) is 19.0. The summed E-state index contributed by atoms with van der Waals surface area (Å²) in [6.45, 7) is 2.82. The lowest BCUT2D eigenvalue weighted by Crippen LogP contribution is -2.33. The predicted molar refractivity (Wildman–Crippen MR) is 83.5 cm³/mol. The van der Waals surface area contributed by atoms with Crippen molar-refractivity contribution in [3.05, 3.63) is 54.6 Å². The monoisotopic (exact) mass is 310 g/mol. The summed E-state index contributed by atoms with van der Waals surface area (Å²) in [6.07, 6.45) is 7.38. The lowest BCUT2D eigenvalue weighted by molar-refractivity contribution is 0.169. The first kappa shape index (κ1) is 14.1. The summed E-state index contributed by atoms with van der Waals surface area (Å²) in [5.74, 6) is 2.63. The molecule has 4 rings (SSSR count). The maximum atomic E-state index is 5.51. The molecule has 3 aromatic rings. The van der Waals surface area contributed by atoms with Crippen LogP contribution < -0.4 is 0 Å². The Kier molecular flexibility index (Phi) is 3.90. The zero-order chi connectivity index (χ0) is 15.5. The number of piperidine rings is 1. The smallest absolute Gasteiger partial charge is 0.231 e. The molecule has 1 aliphatic rings. The molecule has 0 aliphatic carbocycles. The highest BCUT2D eigenvalue weighted by Gasteiger charge is 2.26. The largest absolute Gasteiger partial charge is 0.468 e. The predicted octanol–water partition coefficient (Wildman–Crippen LogP) is 3.10. The number of hydrogen-bond donors (Lipinski definition) is 0. The number of hydrogen-bond acceptors (Lipinski definition) is 6. The highest BCUT2D eigenvalue weighted by atomic mass is 16.5. The third kappa shape index (κ3) is 3.17. The van der Waals surface area contributed by atoms with Crippen LogP contribution in [0.3, 0.4) is 0 Å². The summed E-state index contributed by atoms with van der Waals surface area (Å²) >= 11 is 0. The first-order valence-electron chi connectivity index (χ1n) is 7.87. The Bertz CT molecular complexity index is 739. The van der Waals surface area contributed by atoms with E-state index in [0.29, 0.717) is 5.82 Å². The minimum absolute atomic E-state index is 0.279. The number of nitrogens with zero attached hydrogens (tertiary/aromatic N) is 4. The van der Waals surface area contributed by atoms with Gasteiger partial charge in [0.25, 0.3) is 0 Å². The van der Waals surface area contributed by atoms with Crippen molar-refractivity contribution in [1.29, 1.82) is 0 Å². The van der Waals surface area contributed by atoms with Crippen LogP contribution in [0, 0.1) is 0 Å². The Morgan fingerprint density at radius 3 is 2.96 bits per heavy atom. The van der Waals surface area contributed by atoms with Gasteiger partial charge in [0, 0.05) is 24.5 Å². The zero-order valence-corrected chi connectivity index (χ0v) is 12.8. The molecule has 1 aliphatic heterocycles. The third-order valence-electron chi connectivity index (χ3n) is 4.19. The fourth-order valence-corrected chi connectivity index (χ4v) is 3.04. The van der Waals surface area contributed by atoms with E-state index in [2.05, 4.69) is 20.0 Å². The van der Waals surface area contributed by atoms with E-state index in [1.165, 1.54) is 0 Å². The lowest BCUT2D eigenvalue weighted by atomic mass is 9.98. The Hall–Kier alpha value is -2.47. The van der Waals surface area contributed by atoms with E-state index in [0.717, 1.165) is 49.7 Å². The average Bonchev–Trinajstić information content (AvgIpc) is 3.28. The maximum absolute atomic E-state index is 5.51. The van der Waals surface area contributed by atoms with Gasteiger partial charge >= 0.3 is 0 Å². The van der Waals surface area contributed by atoms with Crippen LogP contribution in [0.1, 0.15) is 30.4 Å². The van der Waals surface area contributed by atoms with Crippen molar-refractivity contribution in [1.82, 2.24) is 20.0 Å². The summed E-state index contributed by atoms with van der Waals surface area (Å²) in [7, 11) is 0. The van der Waals surface area contributed by atoms with Crippen molar-refractivity contribution in [3.8, 4) is 11.4 Å². The van der Waals surface area contributed by atoms with Gasteiger partial charge in [-0.15, -0.1) is 0 Å². The molecule has 1 unspecified atom stereocenters. The number of rotatable bonds is 4. The Labute approximate surface area is 134 Å². The van der Waals surface area contributed by atoms with Crippen LogP contribution in [0.15, 0.2) is 51.9 Å². The summed E-state index contributed by atoms with van der Waals surface area (Å²) in [4.78, 5) is 11.0. The van der Waals surface area contributed by atoms with Crippen LogP contribution in [-0.4, -0.2) is 33.1 Å². The van der Waals surface area contributed by atoms with Gasteiger partial charge in [-0.05, 0) is 43.7 Å². The molecule has 3 aromatic heterocycles. The first-order chi connectivity index (χ1) is 11.4. The fourth-order valence-electron chi connectivity index (χ4n) is 3.04. The average molecular weight is 310 g/mol. The quantitative estimate of drug-likeness (QED) is 0.737. The van der Waals surface area contributed by atoms with E-state index in [-0.39, 0.29) is 5.92 Å². The van der Waals surface area contributed by atoms with Gasteiger partial charge in [0.1, 0.15) is 5.76 Å². The van der Waals surface area contributed by atoms with Crippen molar-refractivity contribution < 1.29 is 8.94 Å². The number of pyridine rings is 1. The summed E-state index contributed by atoms with van der Waals surface area (Å²) in [5, 5.41) is 4.11. The van der Waals surface area contributed by atoms with E-state index in [1.54, 1.807) is 18.7 Å². The second-order valence-electron chi connectivity index (χ2n) is 5.85. The van der Waals surface area contributed by atoms with Crippen molar-refractivity contribution in [2.24, 2.45) is 0 Å². The molecule has 1 fully saturated rings. The first-order valence-corrected chi connectivity index (χ1v) is 7.87. The van der Waals surface area contributed by atoms with Crippen molar-refractivity contribution >= 4 is 0 Å². The maximum Gasteiger partial charge on any atom is 0.231 e. The number of likely N-dealkylation sites (tertiary alicyclic amines) is 1. The SMILES string of the molecule is c1coc(CN2CCCC(c3nc(-c4ccncc4)no3)C2)c1. The topological polar surface area (TPSA) is 68.2 Å². The highest BCUT2D eigenvalue weighted by Crippen LogP contribution is 2.28. The van der Waals surface area contributed by atoms with Gasteiger partial charge in [0.2, 0.25) is 11.7 Å². The Morgan fingerprint density at radius 2 is 2.13 bits per heavy atom. The van der Waals surface area contributed by atoms with Gasteiger partial charge in [-0.1, -0.05) is 5.16 Å². The molecular formula is C17H18N4O2. The highest BCUT2D eigenvalue weighted by molar-refractivity contribution is 5.52. The van der Waals surface area contributed by atoms with E-state index >= 15 is 0 Å². The molecule has 23 heavy (non-hydrogen) atoms. The molecule has 0 N–H and O–H groups in total. The molecule has 0 aromatic carbocycles. The zero-order valence-electron chi connectivity index (χ0n) is 12.8. The van der Waals surface area contributed by atoms with E-state index in [9.17, 15) is 0 Å². The van der Waals surface area contributed by atoms with Crippen molar-refractivity contribution in [2.45, 2.75) is 25.3 Å². The molecule has 0 saturated carbocycles. The number of furan rings is 1. The molecule has 0 spiro atoms. The van der Waals surface area contributed by atoms with Crippen LogP contribution in [-0.2, 0) is 6.54 Å². The molecule has 0 bridgehead atoms. The number of aromatic nitrogens is 3. The van der Waals surface area contributed by atoms with E-state index in [4.69, 9.17) is 8.94 Å². The van der Waals surface area contributed by atoms with Crippen LogP contribution in [0.4, 0.5) is 0 Å². The molecule has 6 heteroatoms. The Morgan fingerprint density at radius 1 is 1.22 bits per heavy atom. The molecule has 6 nitrogen and oxygen atoms in total. The van der Waals surface area contributed by atoms with Gasteiger partial charge in [-0.25, -0.2) is 0 Å². The third-order valence-corrected chi connectivity index (χ3v) is 4.19. The fraction of sp³-hybridized carbons (Fsp3) is 0.353. The van der Waals surface area contributed by atoms with E-state index < -0.39 is 0 Å². The second-order valence-corrected chi connectivity index (χ2v) is 5.85. The van der Waals surface area contributed by atoms with Gasteiger partial charge in [0.05, 0.1) is 18.7 Å². The van der Waals surface area contributed by atoms with Gasteiger partial charge in [0.15, 0.2) is 0 Å². The van der Waals surface area contributed by atoms with Gasteiger partial charge in [-0.3, -0.25) is 9.88 Å². The summed E-state index contributed by atoms with van der Waals surface area (Å²) in [5.41, 5.74) is 0.929. The molecular weight excluding hydrogens is 292 g/mol. The van der Waals surface area contributed by atoms with Gasteiger partial charge < -0.3 is 8.94 Å². The van der Waals surface area contributed by atoms with Crippen molar-refractivity contribution in [2.75, 3.05) is 13.1 Å². The van der Waals surface area contributed by atoms with Crippen LogP contribution in [0.5, 0.6) is 0 Å². The molecule has 4 heterocycles. The lowest BCUT2D eigenvalue weighted by Gasteiger charge is -2.30. The molecule has 118 valence electrons. The van der Waals surface area contributed by atoms with Crippen LogP contribution >= 0.6 is 0 Å². The summed E-state index contributed by atoms with van der Waals surface area (Å²) in [6, 6.07) is 7.71. The Balaban J connectivity index is 1.46. The molecule has 0 radical (unpaired) electrons. The molecule has 1 atom stereocenters. The second kappa shape index (κ2) is 6.34. The summed E-state index contributed by atoms with van der Waals surface area (Å²) < 4.78 is 11.0. The molecule has 0 amide bonds. The van der Waals surface area contributed by atoms with Crippen molar-refractivity contribution in [3.63, 3.8) is 0 Å². The minimum atomic E-state index is 0.279. The molecule has 1 saturated heterocycles. The standard InChI is InChI=1S/C17H18N4O2/c1-3-14(11-21(9-1)12-15-4-2-10-22-15)17-19-16(20-23-17)13-5-7-18-8-6-13/h2,4-8,10,14H,1,3,9,11-12H2. The van der Waals surface area contributed by atoms with E-state index in [1.807, 2.05) is 24.3 Å². The van der Waals surface area contributed by atoms with Gasteiger partial charge in [-0.2, -0.15) is 4.98 Å². The van der Waals surface area contributed by atoms with Crippen LogP contribution in [0.2, 0.25) is 0 Å². The minimum Gasteiger partial charge on any atom is -0.468 e.